The molecule has 0 saturated heterocycles. The number of hydrogen-bond donors (Lipinski definition) is 0. The van der Waals surface area contributed by atoms with Crippen molar-refractivity contribution in [1.82, 2.24) is 15.0 Å². The highest BCUT2D eigenvalue weighted by molar-refractivity contribution is 6.14. The summed E-state index contributed by atoms with van der Waals surface area (Å²) >= 11 is 0. The van der Waals surface area contributed by atoms with E-state index in [4.69, 9.17) is 23.8 Å². The third-order valence-corrected chi connectivity index (χ3v) is 12.8. The molecule has 0 spiro atoms. The maximum Gasteiger partial charge on any atom is 0.164 e. The van der Waals surface area contributed by atoms with E-state index in [0.717, 1.165) is 71.7 Å². The van der Waals surface area contributed by atoms with E-state index in [1.807, 2.05) is 72.8 Å². The lowest BCUT2D eigenvalue weighted by molar-refractivity contribution is 0.668. The number of para-hydroxylation sites is 1. The zero-order valence-electron chi connectivity index (χ0n) is 33.9. The Morgan fingerprint density at radius 1 is 0.302 bits per heavy atom. The molecule has 294 valence electrons. The Morgan fingerprint density at radius 3 is 1.49 bits per heavy atom. The van der Waals surface area contributed by atoms with Crippen LogP contribution in [0.2, 0.25) is 0 Å². The van der Waals surface area contributed by atoms with Crippen molar-refractivity contribution in [3.8, 4) is 56.4 Å². The summed E-state index contributed by atoms with van der Waals surface area (Å²) in [4.78, 5) is 15.6. The third-order valence-electron chi connectivity index (χ3n) is 12.8. The van der Waals surface area contributed by atoms with Gasteiger partial charge in [-0.1, -0.05) is 176 Å². The number of benzene rings is 9. The Morgan fingerprint density at radius 2 is 0.794 bits per heavy atom. The molecule has 0 unspecified atom stereocenters. The van der Waals surface area contributed by atoms with Crippen LogP contribution in [-0.2, 0) is 5.41 Å². The quantitative estimate of drug-likeness (QED) is 0.167. The number of fused-ring (bicyclic) bond motifs is 9. The SMILES string of the molecule is c1ccc(-c2nc(-c3cccc4oc5ccccc5c34)nc(-c3cccc4oc5ccc(-c6ccc7c(c6)C(c6ccccc6)(c6ccccc6)c6ccccc6-7)cc5c34)n2)cc1. The van der Waals surface area contributed by atoms with Crippen molar-refractivity contribution in [3.05, 3.63) is 235 Å². The first kappa shape index (κ1) is 35.4. The van der Waals surface area contributed by atoms with Crippen LogP contribution in [0.5, 0.6) is 0 Å². The van der Waals surface area contributed by atoms with Gasteiger partial charge in [-0.15, -0.1) is 0 Å². The van der Waals surface area contributed by atoms with E-state index in [-0.39, 0.29) is 0 Å². The fourth-order valence-electron chi connectivity index (χ4n) is 10.1. The van der Waals surface area contributed by atoms with Crippen molar-refractivity contribution in [2.24, 2.45) is 0 Å². The lowest BCUT2D eigenvalue weighted by Gasteiger charge is -2.34. The standard InChI is InChI=1S/C58H35N3O2/c1-4-16-36(17-5-1)55-59-56(44-24-14-28-51-53(44)43-23-11-13-27-49(43)62-51)61-57(60-55)45-25-15-29-52-54(45)46-34-37(31-33-50(46)63-52)38-30-32-42-41-22-10-12-26-47(41)58(48(42)35-38,39-18-6-2-7-19-39)40-20-8-3-9-21-40/h1-35H. The first-order chi connectivity index (χ1) is 31.2. The summed E-state index contributed by atoms with van der Waals surface area (Å²) in [5.41, 5.74) is 15.1. The first-order valence-electron chi connectivity index (χ1n) is 21.3. The minimum atomic E-state index is -0.496. The monoisotopic (exact) mass is 805 g/mol. The summed E-state index contributed by atoms with van der Waals surface area (Å²) in [5.74, 6) is 1.72. The molecular formula is C58H35N3O2. The fraction of sp³-hybridized carbons (Fsp3) is 0.0172. The molecule has 0 saturated carbocycles. The van der Waals surface area contributed by atoms with Crippen LogP contribution in [-0.4, -0.2) is 15.0 Å². The molecule has 3 heterocycles. The van der Waals surface area contributed by atoms with Gasteiger partial charge in [-0.25, -0.2) is 15.0 Å². The highest BCUT2D eigenvalue weighted by atomic mass is 16.3. The molecule has 0 N–H and O–H groups in total. The summed E-state index contributed by atoms with van der Waals surface area (Å²) in [6.07, 6.45) is 0. The Balaban J connectivity index is 1.02. The van der Waals surface area contributed by atoms with Crippen LogP contribution in [0.3, 0.4) is 0 Å². The maximum atomic E-state index is 6.61. The largest absolute Gasteiger partial charge is 0.456 e. The van der Waals surface area contributed by atoms with Gasteiger partial charge in [0.2, 0.25) is 0 Å². The molecular weight excluding hydrogens is 771 g/mol. The molecule has 12 aromatic rings. The summed E-state index contributed by atoms with van der Waals surface area (Å²) in [6.45, 7) is 0. The van der Waals surface area contributed by atoms with Crippen molar-refractivity contribution in [3.63, 3.8) is 0 Å². The topological polar surface area (TPSA) is 65.0 Å². The van der Waals surface area contributed by atoms with Gasteiger partial charge in [0.1, 0.15) is 22.3 Å². The lowest BCUT2D eigenvalue weighted by atomic mass is 9.67. The van der Waals surface area contributed by atoms with Crippen LogP contribution < -0.4 is 0 Å². The molecule has 0 amide bonds. The number of aromatic nitrogens is 3. The van der Waals surface area contributed by atoms with Crippen LogP contribution >= 0.6 is 0 Å². The Kier molecular flexibility index (Phi) is 7.75. The molecule has 1 aliphatic carbocycles. The van der Waals surface area contributed by atoms with Gasteiger partial charge in [-0.3, -0.25) is 0 Å². The molecule has 0 bridgehead atoms. The summed E-state index contributed by atoms with van der Waals surface area (Å²) < 4.78 is 12.9. The van der Waals surface area contributed by atoms with Gasteiger partial charge in [0, 0.05) is 38.2 Å². The van der Waals surface area contributed by atoms with Crippen LogP contribution in [0, 0.1) is 0 Å². The smallest absolute Gasteiger partial charge is 0.164 e. The Hall–Kier alpha value is -8.41. The average molecular weight is 806 g/mol. The van der Waals surface area contributed by atoms with E-state index in [9.17, 15) is 0 Å². The second-order valence-corrected chi connectivity index (χ2v) is 16.2. The number of furan rings is 2. The minimum Gasteiger partial charge on any atom is -0.456 e. The normalized spacial score (nSPS) is 12.9. The molecule has 0 radical (unpaired) electrons. The second kappa shape index (κ2) is 13.8. The molecule has 3 aromatic heterocycles. The Labute approximate surface area is 362 Å². The lowest BCUT2D eigenvalue weighted by Crippen LogP contribution is -2.28. The predicted molar refractivity (Wildman–Crippen MR) is 253 cm³/mol. The number of nitrogens with zero attached hydrogens (tertiary/aromatic N) is 3. The van der Waals surface area contributed by atoms with Crippen LogP contribution in [0.4, 0.5) is 0 Å². The van der Waals surface area contributed by atoms with Crippen LogP contribution in [0.1, 0.15) is 22.3 Å². The van der Waals surface area contributed by atoms with E-state index in [1.165, 1.54) is 33.4 Å². The summed E-state index contributed by atoms with van der Waals surface area (Å²) in [7, 11) is 0. The molecule has 5 heteroatoms. The van der Waals surface area contributed by atoms with Crippen molar-refractivity contribution >= 4 is 43.9 Å². The van der Waals surface area contributed by atoms with Crippen molar-refractivity contribution in [2.75, 3.05) is 0 Å². The van der Waals surface area contributed by atoms with E-state index < -0.39 is 5.41 Å². The minimum absolute atomic E-state index is 0.496. The second-order valence-electron chi connectivity index (χ2n) is 16.2. The average Bonchev–Trinajstić information content (AvgIpc) is 4.03. The molecule has 1 aliphatic rings. The van der Waals surface area contributed by atoms with Crippen molar-refractivity contribution in [2.45, 2.75) is 5.41 Å². The van der Waals surface area contributed by atoms with Gasteiger partial charge in [0.25, 0.3) is 0 Å². The molecule has 5 nitrogen and oxygen atoms in total. The highest BCUT2D eigenvalue weighted by Gasteiger charge is 2.46. The van der Waals surface area contributed by atoms with Gasteiger partial charge in [-0.05, 0) is 80.9 Å². The van der Waals surface area contributed by atoms with Crippen LogP contribution in [0.15, 0.2) is 221 Å². The molecule has 13 rings (SSSR count). The molecule has 0 fully saturated rings. The maximum absolute atomic E-state index is 6.61. The van der Waals surface area contributed by atoms with E-state index in [0.29, 0.717) is 17.5 Å². The van der Waals surface area contributed by atoms with E-state index in [1.54, 1.807) is 0 Å². The Bertz CT molecular complexity index is 3700. The van der Waals surface area contributed by atoms with Crippen molar-refractivity contribution < 1.29 is 8.83 Å². The van der Waals surface area contributed by atoms with Gasteiger partial charge >= 0.3 is 0 Å². The fourth-order valence-corrected chi connectivity index (χ4v) is 10.1. The molecule has 0 aliphatic heterocycles. The molecule has 63 heavy (non-hydrogen) atoms. The highest BCUT2D eigenvalue weighted by Crippen LogP contribution is 2.57. The van der Waals surface area contributed by atoms with Gasteiger partial charge < -0.3 is 8.83 Å². The van der Waals surface area contributed by atoms with Gasteiger partial charge in [0.15, 0.2) is 17.5 Å². The first-order valence-corrected chi connectivity index (χ1v) is 21.3. The molecule has 0 atom stereocenters. The third kappa shape index (κ3) is 5.33. The van der Waals surface area contributed by atoms with Crippen LogP contribution in [0.25, 0.3) is 100 Å². The predicted octanol–water partition coefficient (Wildman–Crippen LogP) is 14.7. The zero-order valence-corrected chi connectivity index (χ0v) is 33.9. The van der Waals surface area contributed by atoms with Gasteiger partial charge in [0.05, 0.1) is 5.41 Å². The molecule has 9 aromatic carbocycles. The number of hydrogen-bond acceptors (Lipinski definition) is 5. The zero-order chi connectivity index (χ0) is 41.5. The number of rotatable bonds is 6. The van der Waals surface area contributed by atoms with E-state index >= 15 is 0 Å². The van der Waals surface area contributed by atoms with E-state index in [2.05, 4.69) is 140 Å². The van der Waals surface area contributed by atoms with Crippen molar-refractivity contribution in [1.29, 1.82) is 0 Å². The van der Waals surface area contributed by atoms with Gasteiger partial charge in [-0.2, -0.15) is 0 Å². The summed E-state index contributed by atoms with van der Waals surface area (Å²) in [6, 6.07) is 74.7. The summed E-state index contributed by atoms with van der Waals surface area (Å²) in [5, 5.41) is 3.93.